The quantitative estimate of drug-likeness (QED) is 0.630. The van der Waals surface area contributed by atoms with Gasteiger partial charge < -0.3 is 4.74 Å². The third-order valence-corrected chi connectivity index (χ3v) is 3.19. The first-order chi connectivity index (χ1) is 7.11. The summed E-state index contributed by atoms with van der Waals surface area (Å²) in [6.07, 6.45) is 2.34. The summed E-state index contributed by atoms with van der Waals surface area (Å²) >= 11 is 0. The van der Waals surface area contributed by atoms with Gasteiger partial charge in [-0.05, 0) is 20.3 Å². The summed E-state index contributed by atoms with van der Waals surface area (Å²) in [5.41, 5.74) is 0.533. The molecule has 0 bridgehead atoms. The molecular weight excluding hydrogens is 194 g/mol. The molecule has 0 aromatic rings. The first-order valence-corrected chi connectivity index (χ1v) is 5.25. The van der Waals surface area contributed by atoms with Crippen LogP contribution < -0.4 is 0 Å². The molecule has 0 aromatic heterocycles. The van der Waals surface area contributed by atoms with Gasteiger partial charge in [0.1, 0.15) is 0 Å². The molecule has 82 valence electrons. The average molecular weight is 209 g/mol. The van der Waals surface area contributed by atoms with Gasteiger partial charge in [-0.1, -0.05) is 0 Å². The number of carbonyl (C=O) groups is 2. The molecule has 0 saturated carbocycles. The van der Waals surface area contributed by atoms with Crippen LogP contribution in [0.2, 0.25) is 0 Å². The minimum atomic E-state index is -0.183. The van der Waals surface area contributed by atoms with Crippen molar-refractivity contribution in [3.05, 3.63) is 11.6 Å². The van der Waals surface area contributed by atoms with Gasteiger partial charge in [-0.2, -0.15) is 0 Å². The standard InChI is InChI=1S/C11H15NO3/c1-7-5-10(13)12(11(7)14)8(2)9-3-4-15-6-9/h5,8-9H,3-4,6H2,1-2H3. The Balaban J connectivity index is 2.11. The first-order valence-electron chi connectivity index (χ1n) is 5.25. The molecule has 15 heavy (non-hydrogen) atoms. The molecule has 0 N–H and O–H groups in total. The summed E-state index contributed by atoms with van der Waals surface area (Å²) in [6, 6.07) is -0.0544. The highest BCUT2D eigenvalue weighted by molar-refractivity contribution is 6.16. The maximum absolute atomic E-state index is 11.7. The Labute approximate surface area is 88.9 Å². The van der Waals surface area contributed by atoms with Crippen molar-refractivity contribution in [3.63, 3.8) is 0 Å². The Morgan fingerprint density at radius 3 is 2.73 bits per heavy atom. The number of nitrogens with zero attached hydrogens (tertiary/aromatic N) is 1. The second-order valence-corrected chi connectivity index (χ2v) is 4.21. The number of carbonyl (C=O) groups excluding carboxylic acids is 2. The zero-order valence-electron chi connectivity index (χ0n) is 9.03. The number of amides is 2. The number of ether oxygens (including phenoxy) is 1. The van der Waals surface area contributed by atoms with Gasteiger partial charge in [0.25, 0.3) is 11.8 Å². The topological polar surface area (TPSA) is 46.6 Å². The molecule has 2 aliphatic rings. The predicted molar refractivity (Wildman–Crippen MR) is 54.0 cm³/mol. The van der Waals surface area contributed by atoms with Crippen molar-refractivity contribution in [2.45, 2.75) is 26.3 Å². The zero-order chi connectivity index (χ0) is 11.0. The van der Waals surface area contributed by atoms with Crippen LogP contribution in [0, 0.1) is 5.92 Å². The van der Waals surface area contributed by atoms with E-state index in [1.54, 1.807) is 6.92 Å². The molecule has 1 saturated heterocycles. The second-order valence-electron chi connectivity index (χ2n) is 4.21. The number of hydrogen-bond donors (Lipinski definition) is 0. The number of rotatable bonds is 2. The van der Waals surface area contributed by atoms with E-state index in [-0.39, 0.29) is 23.8 Å². The highest BCUT2D eigenvalue weighted by atomic mass is 16.5. The fourth-order valence-electron chi connectivity index (χ4n) is 2.14. The van der Waals surface area contributed by atoms with Crippen molar-refractivity contribution < 1.29 is 14.3 Å². The third kappa shape index (κ3) is 1.69. The van der Waals surface area contributed by atoms with Crippen LogP contribution >= 0.6 is 0 Å². The van der Waals surface area contributed by atoms with Crippen LogP contribution in [-0.4, -0.2) is 36.0 Å². The molecule has 0 aromatic carbocycles. The van der Waals surface area contributed by atoms with Crippen molar-refractivity contribution in [1.82, 2.24) is 4.90 Å². The van der Waals surface area contributed by atoms with Gasteiger partial charge in [0.05, 0.1) is 6.61 Å². The molecule has 2 heterocycles. The molecule has 2 unspecified atom stereocenters. The Kier molecular flexibility index (Phi) is 2.61. The van der Waals surface area contributed by atoms with E-state index < -0.39 is 0 Å². The van der Waals surface area contributed by atoms with Crippen molar-refractivity contribution in [1.29, 1.82) is 0 Å². The van der Waals surface area contributed by atoms with Crippen LogP contribution in [0.3, 0.4) is 0 Å². The van der Waals surface area contributed by atoms with E-state index in [0.717, 1.165) is 13.0 Å². The van der Waals surface area contributed by atoms with E-state index >= 15 is 0 Å². The summed E-state index contributed by atoms with van der Waals surface area (Å²) < 4.78 is 5.27. The molecule has 4 nitrogen and oxygen atoms in total. The lowest BCUT2D eigenvalue weighted by Gasteiger charge is -2.27. The van der Waals surface area contributed by atoms with Gasteiger partial charge in [-0.3, -0.25) is 14.5 Å². The average Bonchev–Trinajstić information content (AvgIpc) is 2.76. The van der Waals surface area contributed by atoms with Gasteiger partial charge >= 0.3 is 0 Å². The Bertz CT molecular complexity index is 329. The fraction of sp³-hybridized carbons (Fsp3) is 0.636. The fourth-order valence-corrected chi connectivity index (χ4v) is 2.14. The van der Waals surface area contributed by atoms with Crippen LogP contribution in [-0.2, 0) is 14.3 Å². The van der Waals surface area contributed by atoms with Gasteiger partial charge in [0, 0.05) is 30.2 Å². The van der Waals surface area contributed by atoms with Gasteiger partial charge in [0.2, 0.25) is 0 Å². The second kappa shape index (κ2) is 3.77. The van der Waals surface area contributed by atoms with E-state index in [9.17, 15) is 9.59 Å². The van der Waals surface area contributed by atoms with Gasteiger partial charge in [-0.25, -0.2) is 0 Å². The maximum atomic E-state index is 11.7. The molecule has 2 aliphatic heterocycles. The van der Waals surface area contributed by atoms with Crippen molar-refractivity contribution in [3.8, 4) is 0 Å². The summed E-state index contributed by atoms with van der Waals surface area (Å²) in [7, 11) is 0. The Morgan fingerprint density at radius 1 is 1.53 bits per heavy atom. The summed E-state index contributed by atoms with van der Waals surface area (Å²) in [6.45, 7) is 4.98. The number of hydrogen-bond acceptors (Lipinski definition) is 3. The normalized spacial score (nSPS) is 28.5. The van der Waals surface area contributed by atoms with Gasteiger partial charge in [0.15, 0.2) is 0 Å². The third-order valence-electron chi connectivity index (χ3n) is 3.19. The lowest BCUT2D eigenvalue weighted by molar-refractivity contribution is -0.140. The lowest BCUT2D eigenvalue weighted by Crippen LogP contribution is -2.43. The summed E-state index contributed by atoms with van der Waals surface area (Å²) in [4.78, 5) is 24.6. The zero-order valence-corrected chi connectivity index (χ0v) is 9.03. The van der Waals surface area contributed by atoms with E-state index in [2.05, 4.69) is 0 Å². The van der Waals surface area contributed by atoms with E-state index in [4.69, 9.17) is 4.74 Å². The first kappa shape index (κ1) is 10.4. The largest absolute Gasteiger partial charge is 0.381 e. The SMILES string of the molecule is CC1=CC(=O)N(C(C)C2CCOC2)C1=O. The minimum absolute atomic E-state index is 0.0544. The van der Waals surface area contributed by atoms with E-state index in [1.807, 2.05) is 6.92 Å². The van der Waals surface area contributed by atoms with Crippen molar-refractivity contribution >= 4 is 11.8 Å². The molecule has 2 rings (SSSR count). The summed E-state index contributed by atoms with van der Waals surface area (Å²) in [5, 5.41) is 0. The molecule has 2 atom stereocenters. The van der Waals surface area contributed by atoms with Crippen LogP contribution in [0.1, 0.15) is 20.3 Å². The van der Waals surface area contributed by atoms with E-state index in [0.29, 0.717) is 12.2 Å². The monoisotopic (exact) mass is 209 g/mol. The van der Waals surface area contributed by atoms with Crippen LogP contribution in [0.15, 0.2) is 11.6 Å². The molecule has 0 aliphatic carbocycles. The molecule has 0 radical (unpaired) electrons. The molecule has 1 fully saturated rings. The van der Waals surface area contributed by atoms with Crippen LogP contribution in [0.25, 0.3) is 0 Å². The van der Waals surface area contributed by atoms with Crippen molar-refractivity contribution in [2.24, 2.45) is 5.92 Å². The molecule has 2 amide bonds. The summed E-state index contributed by atoms with van der Waals surface area (Å²) in [5.74, 6) is -0.0477. The Hall–Kier alpha value is -1.16. The maximum Gasteiger partial charge on any atom is 0.256 e. The van der Waals surface area contributed by atoms with Crippen LogP contribution in [0.5, 0.6) is 0 Å². The predicted octanol–water partition coefficient (Wildman–Crippen LogP) is 0.726. The molecular formula is C11H15NO3. The van der Waals surface area contributed by atoms with E-state index in [1.165, 1.54) is 11.0 Å². The van der Waals surface area contributed by atoms with Gasteiger partial charge in [-0.15, -0.1) is 0 Å². The van der Waals surface area contributed by atoms with Crippen molar-refractivity contribution in [2.75, 3.05) is 13.2 Å². The lowest BCUT2D eigenvalue weighted by atomic mass is 9.99. The molecule has 0 spiro atoms. The van der Waals surface area contributed by atoms with Crippen LogP contribution in [0.4, 0.5) is 0 Å². The smallest absolute Gasteiger partial charge is 0.256 e. The molecule has 4 heteroatoms. The number of imide groups is 1. The Morgan fingerprint density at radius 2 is 2.27 bits per heavy atom. The minimum Gasteiger partial charge on any atom is -0.381 e. The highest BCUT2D eigenvalue weighted by Crippen LogP contribution is 2.25. The highest BCUT2D eigenvalue weighted by Gasteiger charge is 2.37.